The highest BCUT2D eigenvalue weighted by atomic mass is 16.4. The molecule has 14 nitrogen and oxygen atoms in total. The van der Waals surface area contributed by atoms with Crippen molar-refractivity contribution in [2.75, 3.05) is 0 Å². The second-order valence-electron chi connectivity index (χ2n) is 7.78. The van der Waals surface area contributed by atoms with Gasteiger partial charge in [0.25, 0.3) is 0 Å². The van der Waals surface area contributed by atoms with Crippen molar-refractivity contribution in [2.45, 2.75) is 76.7 Å². The van der Waals surface area contributed by atoms with Crippen LogP contribution < -0.4 is 33.2 Å². The van der Waals surface area contributed by atoms with Gasteiger partial charge in [-0.25, -0.2) is 4.79 Å². The van der Waals surface area contributed by atoms with E-state index in [2.05, 4.69) is 16.0 Å². The summed E-state index contributed by atoms with van der Waals surface area (Å²) in [5, 5.41) is 25.9. The van der Waals surface area contributed by atoms with Gasteiger partial charge in [0.2, 0.25) is 29.5 Å². The van der Waals surface area contributed by atoms with Crippen LogP contribution in [-0.2, 0) is 28.8 Å². The molecular weight excluding hydrogens is 440 g/mol. The molecule has 0 saturated heterocycles. The lowest BCUT2D eigenvalue weighted by atomic mass is 9.98. The number of aliphatic hydroxyl groups excluding tert-OH is 1. The van der Waals surface area contributed by atoms with Crippen molar-refractivity contribution < 1.29 is 39.0 Å². The Labute approximate surface area is 191 Å². The van der Waals surface area contributed by atoms with Gasteiger partial charge in [-0.05, 0) is 19.3 Å². The number of carbonyl (C=O) groups is 6. The molecule has 14 heteroatoms. The molecule has 0 bridgehead atoms. The third kappa shape index (κ3) is 10.7. The second kappa shape index (κ2) is 14.0. The van der Waals surface area contributed by atoms with Crippen molar-refractivity contribution in [1.82, 2.24) is 16.0 Å². The summed E-state index contributed by atoms with van der Waals surface area (Å²) in [5.41, 5.74) is 15.8. The zero-order valence-electron chi connectivity index (χ0n) is 18.9. The average molecular weight is 475 g/mol. The van der Waals surface area contributed by atoms with Gasteiger partial charge in [0.05, 0.1) is 18.6 Å². The summed E-state index contributed by atoms with van der Waals surface area (Å²) in [6, 6.07) is -5.64. The first-order chi connectivity index (χ1) is 15.2. The summed E-state index contributed by atoms with van der Waals surface area (Å²) in [5.74, 6) is -6.29. The zero-order chi connectivity index (χ0) is 25.9. The topological polar surface area (TPSA) is 257 Å². The van der Waals surface area contributed by atoms with E-state index in [1.54, 1.807) is 13.8 Å². The number of carboxylic acid groups (broad SMARTS) is 1. The molecule has 0 spiro atoms. The molecule has 11 N–H and O–H groups in total. The summed E-state index contributed by atoms with van der Waals surface area (Å²) in [4.78, 5) is 71.2. The van der Waals surface area contributed by atoms with Gasteiger partial charge < -0.3 is 43.4 Å². The van der Waals surface area contributed by atoms with Gasteiger partial charge in [0.1, 0.15) is 18.1 Å². The molecule has 5 amide bonds. The van der Waals surface area contributed by atoms with E-state index in [1.807, 2.05) is 0 Å². The third-order valence-electron chi connectivity index (χ3n) is 4.92. The minimum Gasteiger partial charge on any atom is -0.480 e. The zero-order valence-corrected chi connectivity index (χ0v) is 18.9. The maximum absolute atomic E-state index is 12.7. The highest BCUT2D eigenvalue weighted by molar-refractivity contribution is 5.96. The van der Waals surface area contributed by atoms with Crippen LogP contribution in [-0.4, -0.2) is 76.0 Å². The highest BCUT2D eigenvalue weighted by Crippen LogP contribution is 2.09. The lowest BCUT2D eigenvalue weighted by Crippen LogP contribution is -2.60. The molecule has 188 valence electrons. The molecule has 0 aliphatic carbocycles. The van der Waals surface area contributed by atoms with E-state index in [4.69, 9.17) is 17.2 Å². The molecule has 0 fully saturated rings. The molecule has 0 aromatic rings. The Hall–Kier alpha value is -3.26. The Kier molecular flexibility index (Phi) is 12.6. The van der Waals surface area contributed by atoms with Crippen molar-refractivity contribution in [3.63, 3.8) is 0 Å². The fourth-order valence-corrected chi connectivity index (χ4v) is 2.70. The molecule has 0 aliphatic rings. The van der Waals surface area contributed by atoms with Crippen LogP contribution in [0.5, 0.6) is 0 Å². The van der Waals surface area contributed by atoms with E-state index in [-0.39, 0.29) is 12.8 Å². The number of nitrogens with two attached hydrogens (primary N) is 3. The van der Waals surface area contributed by atoms with Gasteiger partial charge in [0, 0.05) is 6.42 Å². The monoisotopic (exact) mass is 474 g/mol. The van der Waals surface area contributed by atoms with E-state index in [9.17, 15) is 39.0 Å². The number of aliphatic carboxylic acids is 1. The number of aliphatic hydroxyl groups is 1. The van der Waals surface area contributed by atoms with E-state index < -0.39 is 78.1 Å². The largest absolute Gasteiger partial charge is 0.480 e. The van der Waals surface area contributed by atoms with Gasteiger partial charge in [-0.1, -0.05) is 20.3 Å². The summed E-state index contributed by atoms with van der Waals surface area (Å²) < 4.78 is 0. The Bertz CT molecular complexity index is 744. The van der Waals surface area contributed by atoms with Gasteiger partial charge in [-0.2, -0.15) is 0 Å². The minimum atomic E-state index is -1.58. The standard InChI is InChI=1S/C19H34N6O8/c1-4-8(2)14(19(32)33)24-17(30)11(7-13(22)28)23-18(31)15(9(3)26)25-16(29)10(20)5-6-12(21)27/h8-11,14-15,26H,4-7,20H2,1-3H3,(H2,21,27)(H2,22,28)(H,23,31)(H,24,30)(H,25,29)(H,32,33). The van der Waals surface area contributed by atoms with Gasteiger partial charge in [-0.3, -0.25) is 24.0 Å². The van der Waals surface area contributed by atoms with E-state index in [1.165, 1.54) is 6.92 Å². The summed E-state index contributed by atoms with van der Waals surface area (Å²) in [6.07, 6.45) is -1.96. The number of nitrogens with one attached hydrogen (secondary N) is 3. The van der Waals surface area contributed by atoms with Crippen LogP contribution >= 0.6 is 0 Å². The maximum Gasteiger partial charge on any atom is 0.326 e. The summed E-state index contributed by atoms with van der Waals surface area (Å²) in [7, 11) is 0. The Morgan fingerprint density at radius 1 is 0.848 bits per heavy atom. The molecule has 33 heavy (non-hydrogen) atoms. The molecule has 6 atom stereocenters. The molecule has 0 rings (SSSR count). The van der Waals surface area contributed by atoms with Crippen LogP contribution in [0, 0.1) is 5.92 Å². The van der Waals surface area contributed by atoms with Crippen LogP contribution in [0.2, 0.25) is 0 Å². The molecular formula is C19H34N6O8. The van der Waals surface area contributed by atoms with Crippen molar-refractivity contribution >= 4 is 35.5 Å². The van der Waals surface area contributed by atoms with Crippen molar-refractivity contribution in [2.24, 2.45) is 23.1 Å². The predicted octanol–water partition coefficient (Wildman–Crippen LogP) is -3.58. The number of carbonyl (C=O) groups excluding carboxylic acids is 5. The molecule has 0 saturated carbocycles. The van der Waals surface area contributed by atoms with Gasteiger partial charge in [0.15, 0.2) is 0 Å². The van der Waals surface area contributed by atoms with E-state index in [0.717, 1.165) is 0 Å². The quantitative estimate of drug-likeness (QED) is 0.116. The number of hydrogen-bond acceptors (Lipinski definition) is 8. The lowest BCUT2D eigenvalue weighted by Gasteiger charge is -2.27. The first kappa shape index (κ1) is 29.7. The number of hydrogen-bond donors (Lipinski definition) is 8. The van der Waals surface area contributed by atoms with Crippen LogP contribution in [0.25, 0.3) is 0 Å². The number of primary amides is 2. The third-order valence-corrected chi connectivity index (χ3v) is 4.92. The van der Waals surface area contributed by atoms with E-state index in [0.29, 0.717) is 6.42 Å². The van der Waals surface area contributed by atoms with Crippen LogP contribution in [0.15, 0.2) is 0 Å². The lowest BCUT2D eigenvalue weighted by molar-refractivity contribution is -0.144. The van der Waals surface area contributed by atoms with Crippen LogP contribution in [0.1, 0.15) is 46.5 Å². The highest BCUT2D eigenvalue weighted by Gasteiger charge is 2.34. The summed E-state index contributed by atoms with van der Waals surface area (Å²) in [6.45, 7) is 4.51. The fraction of sp³-hybridized carbons (Fsp3) is 0.684. The van der Waals surface area contributed by atoms with E-state index >= 15 is 0 Å². The first-order valence-corrected chi connectivity index (χ1v) is 10.3. The average Bonchev–Trinajstić information content (AvgIpc) is 2.71. The normalized spacial score (nSPS) is 16.3. The van der Waals surface area contributed by atoms with Crippen LogP contribution in [0.3, 0.4) is 0 Å². The van der Waals surface area contributed by atoms with Crippen LogP contribution in [0.4, 0.5) is 0 Å². The molecule has 0 aromatic carbocycles. The van der Waals surface area contributed by atoms with Gasteiger partial charge >= 0.3 is 5.97 Å². The molecule has 0 aliphatic heterocycles. The second-order valence-corrected chi connectivity index (χ2v) is 7.78. The smallest absolute Gasteiger partial charge is 0.326 e. The SMILES string of the molecule is CCC(C)C(NC(=O)C(CC(N)=O)NC(=O)C(NC(=O)C(N)CCC(N)=O)C(C)O)C(=O)O. The summed E-state index contributed by atoms with van der Waals surface area (Å²) >= 11 is 0. The van der Waals surface area contributed by atoms with Crippen molar-refractivity contribution in [1.29, 1.82) is 0 Å². The first-order valence-electron chi connectivity index (χ1n) is 10.3. The Balaban J connectivity index is 5.46. The maximum atomic E-state index is 12.7. The van der Waals surface area contributed by atoms with Crippen molar-refractivity contribution in [3.8, 4) is 0 Å². The Morgan fingerprint density at radius 3 is 1.82 bits per heavy atom. The van der Waals surface area contributed by atoms with Crippen molar-refractivity contribution in [3.05, 3.63) is 0 Å². The molecule has 0 heterocycles. The molecule has 0 aromatic heterocycles. The molecule has 6 unspecified atom stereocenters. The predicted molar refractivity (Wildman–Crippen MR) is 115 cm³/mol. The fourth-order valence-electron chi connectivity index (χ4n) is 2.70. The number of carboxylic acids is 1. The number of rotatable bonds is 15. The van der Waals surface area contributed by atoms with Gasteiger partial charge in [-0.15, -0.1) is 0 Å². The molecule has 0 radical (unpaired) electrons. The minimum absolute atomic E-state index is 0.103. The Morgan fingerprint density at radius 2 is 1.39 bits per heavy atom. The number of amides is 5.